The molecule has 1 fully saturated rings. The highest BCUT2D eigenvalue weighted by Crippen LogP contribution is 2.35. The van der Waals surface area contributed by atoms with Crippen molar-refractivity contribution in [2.75, 3.05) is 0 Å². The molecule has 1 heterocycles. The number of hydrogen-bond donors (Lipinski definition) is 0. The number of aromatic nitrogens is 2. The van der Waals surface area contributed by atoms with Crippen LogP contribution in [0, 0.1) is 23.6 Å². The van der Waals surface area contributed by atoms with Gasteiger partial charge in [0.25, 0.3) is 5.82 Å². The van der Waals surface area contributed by atoms with Crippen LogP contribution in [0.25, 0.3) is 22.4 Å². The molecule has 3 atom stereocenters. The molecule has 1 aliphatic rings. The molecule has 2 aromatic carbocycles. The molecule has 0 N–H and O–H groups in total. The van der Waals surface area contributed by atoms with Gasteiger partial charge in [-0.1, -0.05) is 39.3 Å². The Kier molecular flexibility index (Phi) is 6.12. The molecule has 0 spiro atoms. The van der Waals surface area contributed by atoms with Crippen LogP contribution in [0.4, 0.5) is 4.39 Å². The van der Waals surface area contributed by atoms with Gasteiger partial charge in [0.05, 0.1) is 12.6 Å². The molecule has 3 aromatic rings. The standard InChI is InChI=1S/C26H32FN2O2/c1-17(2)21-14-9-18(3)15-24(21)31-25(30)16-29-23-8-6-5-7-22(23)28(4)26(29)19-10-12-20(27)13-11-19/h5-8,10-13,17-18,21,24H,9,14-16H2,1-4H3/q+1/t18-,21-,24+/m0/s1. The van der Waals surface area contributed by atoms with Gasteiger partial charge in [0, 0.05) is 0 Å². The lowest BCUT2D eigenvalue weighted by atomic mass is 9.75. The van der Waals surface area contributed by atoms with Crippen molar-refractivity contribution in [2.24, 2.45) is 24.8 Å². The third-order valence-electron chi connectivity index (χ3n) is 6.74. The van der Waals surface area contributed by atoms with Gasteiger partial charge in [-0.25, -0.2) is 18.3 Å². The number of halogens is 1. The monoisotopic (exact) mass is 423 g/mol. The predicted octanol–water partition coefficient (Wildman–Crippen LogP) is 5.28. The fourth-order valence-electron chi connectivity index (χ4n) is 5.08. The SMILES string of the molecule is CC(C)[C@@H]1CC[C@H](C)C[C@H]1OC(=O)Cn1c(-c2ccc(F)cc2)[n+](C)c2ccccc21. The summed E-state index contributed by atoms with van der Waals surface area (Å²) < 4.78 is 23.6. The van der Waals surface area contributed by atoms with Gasteiger partial charge in [0.1, 0.15) is 11.9 Å². The van der Waals surface area contributed by atoms with Crippen molar-refractivity contribution in [1.29, 1.82) is 0 Å². The minimum Gasteiger partial charge on any atom is -0.459 e. The van der Waals surface area contributed by atoms with E-state index in [1.165, 1.54) is 18.6 Å². The van der Waals surface area contributed by atoms with Crippen molar-refractivity contribution in [3.8, 4) is 11.4 Å². The number of carbonyl (C=O) groups is 1. The van der Waals surface area contributed by atoms with Crippen LogP contribution < -0.4 is 4.57 Å². The summed E-state index contributed by atoms with van der Waals surface area (Å²) in [5.74, 6) is 1.84. The normalized spacial score (nSPS) is 21.5. The molecule has 164 valence electrons. The molecule has 0 radical (unpaired) electrons. The van der Waals surface area contributed by atoms with Crippen molar-refractivity contribution < 1.29 is 18.5 Å². The predicted molar refractivity (Wildman–Crippen MR) is 120 cm³/mol. The van der Waals surface area contributed by atoms with Crippen LogP contribution in [0.5, 0.6) is 0 Å². The summed E-state index contributed by atoms with van der Waals surface area (Å²) in [6.07, 6.45) is 3.21. The summed E-state index contributed by atoms with van der Waals surface area (Å²) in [4.78, 5) is 13.1. The van der Waals surface area contributed by atoms with Gasteiger partial charge in [-0.15, -0.1) is 0 Å². The summed E-state index contributed by atoms with van der Waals surface area (Å²) in [5, 5.41) is 0. The number of ether oxygens (including phenoxy) is 1. The van der Waals surface area contributed by atoms with Gasteiger partial charge < -0.3 is 4.74 Å². The molecule has 4 rings (SSSR count). The number of esters is 1. The lowest BCUT2D eigenvalue weighted by Crippen LogP contribution is -2.37. The van der Waals surface area contributed by atoms with Crippen molar-refractivity contribution in [3.05, 3.63) is 54.3 Å². The maximum absolute atomic E-state index is 13.5. The Morgan fingerprint density at radius 1 is 1.16 bits per heavy atom. The van der Waals surface area contributed by atoms with E-state index in [4.69, 9.17) is 4.74 Å². The van der Waals surface area contributed by atoms with E-state index in [0.29, 0.717) is 17.8 Å². The summed E-state index contributed by atoms with van der Waals surface area (Å²) in [6, 6.07) is 14.4. The number of aryl methyl sites for hydroxylation is 1. The summed E-state index contributed by atoms with van der Waals surface area (Å²) in [6.45, 7) is 6.80. The molecule has 1 aromatic heterocycles. The Bertz CT molecular complexity index is 1070. The molecule has 4 nitrogen and oxygen atoms in total. The van der Waals surface area contributed by atoms with Gasteiger partial charge in [-0.05, 0) is 67.0 Å². The highest BCUT2D eigenvalue weighted by atomic mass is 19.1. The smallest absolute Gasteiger partial charge is 0.348 e. The average molecular weight is 424 g/mol. The first-order valence-corrected chi connectivity index (χ1v) is 11.3. The van der Waals surface area contributed by atoms with Crippen molar-refractivity contribution >= 4 is 17.0 Å². The topological polar surface area (TPSA) is 35.1 Å². The van der Waals surface area contributed by atoms with E-state index < -0.39 is 0 Å². The van der Waals surface area contributed by atoms with Gasteiger partial charge >= 0.3 is 5.97 Å². The summed E-state index contributed by atoms with van der Waals surface area (Å²) in [7, 11) is 1.97. The molecule has 0 saturated heterocycles. The number of imidazole rings is 1. The maximum Gasteiger partial charge on any atom is 0.348 e. The summed E-state index contributed by atoms with van der Waals surface area (Å²) >= 11 is 0. The van der Waals surface area contributed by atoms with Crippen LogP contribution in [0.3, 0.4) is 0 Å². The van der Waals surface area contributed by atoms with Crippen LogP contribution in [-0.4, -0.2) is 16.6 Å². The zero-order valence-corrected chi connectivity index (χ0v) is 18.8. The zero-order valence-electron chi connectivity index (χ0n) is 18.8. The number of rotatable bonds is 5. The molecular weight excluding hydrogens is 391 g/mol. The average Bonchev–Trinajstić information content (AvgIpc) is 3.00. The van der Waals surface area contributed by atoms with Crippen LogP contribution in [0.15, 0.2) is 48.5 Å². The second-order valence-corrected chi connectivity index (χ2v) is 9.32. The Morgan fingerprint density at radius 2 is 1.87 bits per heavy atom. The fourth-order valence-corrected chi connectivity index (χ4v) is 5.08. The Hall–Kier alpha value is -2.69. The minimum atomic E-state index is -0.278. The van der Waals surface area contributed by atoms with E-state index in [-0.39, 0.29) is 24.4 Å². The fraction of sp³-hybridized carbons (Fsp3) is 0.462. The molecule has 31 heavy (non-hydrogen) atoms. The Morgan fingerprint density at radius 3 is 2.58 bits per heavy atom. The van der Waals surface area contributed by atoms with Crippen LogP contribution >= 0.6 is 0 Å². The van der Waals surface area contributed by atoms with E-state index in [9.17, 15) is 9.18 Å². The molecule has 0 amide bonds. The number of carbonyl (C=O) groups excluding carboxylic acids is 1. The minimum absolute atomic E-state index is 0.0268. The van der Waals surface area contributed by atoms with Crippen LogP contribution in [0.2, 0.25) is 0 Å². The molecule has 1 aliphatic carbocycles. The van der Waals surface area contributed by atoms with Crippen LogP contribution in [0.1, 0.15) is 40.0 Å². The highest BCUT2D eigenvalue weighted by Gasteiger charge is 2.34. The number of hydrogen-bond acceptors (Lipinski definition) is 2. The number of fused-ring (bicyclic) bond motifs is 1. The van der Waals surface area contributed by atoms with Gasteiger partial charge in [-0.3, -0.25) is 0 Å². The second kappa shape index (κ2) is 8.81. The second-order valence-electron chi connectivity index (χ2n) is 9.32. The summed E-state index contributed by atoms with van der Waals surface area (Å²) in [5.41, 5.74) is 2.83. The first kappa shape index (κ1) is 21.5. The molecule has 0 bridgehead atoms. The first-order chi connectivity index (χ1) is 14.8. The lowest BCUT2D eigenvalue weighted by molar-refractivity contribution is -0.634. The quantitative estimate of drug-likeness (QED) is 0.414. The third-order valence-corrected chi connectivity index (χ3v) is 6.74. The van der Waals surface area contributed by atoms with E-state index in [0.717, 1.165) is 35.3 Å². The Labute approximate surface area is 183 Å². The van der Waals surface area contributed by atoms with E-state index in [1.807, 2.05) is 35.9 Å². The lowest BCUT2D eigenvalue weighted by Gasteiger charge is -2.36. The third kappa shape index (κ3) is 4.36. The maximum atomic E-state index is 13.5. The molecule has 0 unspecified atom stereocenters. The Balaban J connectivity index is 1.67. The molecular formula is C26H32FN2O2+. The van der Waals surface area contributed by atoms with Gasteiger partial charge in [0.15, 0.2) is 17.6 Å². The first-order valence-electron chi connectivity index (χ1n) is 11.3. The molecule has 1 saturated carbocycles. The van der Waals surface area contributed by atoms with Crippen LogP contribution in [-0.2, 0) is 23.1 Å². The largest absolute Gasteiger partial charge is 0.459 e. The molecule has 0 aliphatic heterocycles. The van der Waals surface area contributed by atoms with Gasteiger partial charge in [-0.2, -0.15) is 0 Å². The van der Waals surface area contributed by atoms with E-state index >= 15 is 0 Å². The van der Waals surface area contributed by atoms with Gasteiger partial charge in [0.2, 0.25) is 0 Å². The van der Waals surface area contributed by atoms with Crippen molar-refractivity contribution in [3.63, 3.8) is 0 Å². The van der Waals surface area contributed by atoms with Crippen molar-refractivity contribution in [2.45, 2.75) is 52.7 Å². The number of nitrogens with zero attached hydrogens (tertiary/aromatic N) is 2. The van der Waals surface area contributed by atoms with Crippen molar-refractivity contribution in [1.82, 2.24) is 4.57 Å². The van der Waals surface area contributed by atoms with E-state index in [1.54, 1.807) is 12.1 Å². The highest BCUT2D eigenvalue weighted by molar-refractivity contribution is 5.79. The molecule has 5 heteroatoms. The zero-order chi connectivity index (χ0) is 22.1. The van der Waals surface area contributed by atoms with E-state index in [2.05, 4.69) is 25.3 Å². The number of para-hydroxylation sites is 2. The number of benzene rings is 2.